The lowest BCUT2D eigenvalue weighted by Gasteiger charge is -2.31. The molecule has 1 fully saturated rings. The number of carbonyl (C=O) groups excluding carboxylic acids is 2. The highest BCUT2D eigenvalue weighted by Crippen LogP contribution is 2.23. The van der Waals surface area contributed by atoms with E-state index >= 15 is 0 Å². The maximum atomic E-state index is 13.0. The summed E-state index contributed by atoms with van der Waals surface area (Å²) in [7, 11) is 0. The van der Waals surface area contributed by atoms with Crippen LogP contribution in [0.15, 0.2) is 60.8 Å². The monoisotopic (exact) mass is 436 g/mol. The van der Waals surface area contributed by atoms with E-state index in [1.165, 1.54) is 0 Å². The molecule has 2 aromatic carbocycles. The predicted octanol–water partition coefficient (Wildman–Crippen LogP) is 4.29. The average molecular weight is 437 g/mol. The summed E-state index contributed by atoms with van der Waals surface area (Å²) in [5.41, 5.74) is 3.28. The molecule has 170 valence electrons. The van der Waals surface area contributed by atoms with E-state index in [1.807, 2.05) is 47.4 Å². The molecular formula is C25H32N4O3. The molecule has 1 aliphatic rings. The molecule has 0 atom stereocenters. The minimum atomic E-state index is -0.331. The van der Waals surface area contributed by atoms with E-state index in [4.69, 9.17) is 0 Å². The van der Waals surface area contributed by atoms with Crippen LogP contribution in [0.1, 0.15) is 43.7 Å². The Hall–Kier alpha value is -3.58. The number of hydrogen-bond acceptors (Lipinski definition) is 5. The van der Waals surface area contributed by atoms with Crippen LogP contribution in [0.2, 0.25) is 0 Å². The number of nitrogens with one attached hydrogen (secondary N) is 1. The first kappa shape index (κ1) is 21.6. The van der Waals surface area contributed by atoms with E-state index in [9.17, 15) is 14.7 Å². The molecule has 4 rings (SSSR count). The third kappa shape index (κ3) is 4.84. The number of carbonyl (C=O) groups is 2. The molecule has 1 saturated heterocycles. The van der Waals surface area contributed by atoms with Crippen LogP contribution in [-0.4, -0.2) is 51.5 Å². The summed E-state index contributed by atoms with van der Waals surface area (Å²) in [6.45, 7) is 3.20. The molecule has 0 radical (unpaired) electrons. The highest BCUT2D eigenvalue weighted by atomic mass is 16.3. The van der Waals surface area contributed by atoms with Crippen molar-refractivity contribution in [3.63, 3.8) is 0 Å². The van der Waals surface area contributed by atoms with Crippen LogP contribution in [0.4, 0.5) is 5.69 Å². The fourth-order valence-electron chi connectivity index (χ4n) is 3.83. The molecule has 1 aromatic heterocycles. The number of nitrogens with zero attached hydrogens (tertiary/aromatic N) is 3. The number of amides is 2. The van der Waals surface area contributed by atoms with Gasteiger partial charge in [0.25, 0.3) is 11.8 Å². The molecule has 0 saturated carbocycles. The molecule has 2 heterocycles. The van der Waals surface area contributed by atoms with Crippen molar-refractivity contribution in [1.29, 1.82) is 0 Å². The van der Waals surface area contributed by atoms with Gasteiger partial charge in [-0.2, -0.15) is 0 Å². The second-order valence-electron chi connectivity index (χ2n) is 8.01. The predicted molar refractivity (Wildman–Crippen MR) is 129 cm³/mol. The zero-order valence-corrected chi connectivity index (χ0v) is 18.0. The van der Waals surface area contributed by atoms with Gasteiger partial charge in [0.2, 0.25) is 0 Å². The maximum Gasteiger partial charge on any atom is 0.276 e. The number of likely N-dealkylation sites (tertiary alicyclic amines) is 1. The summed E-state index contributed by atoms with van der Waals surface area (Å²) in [5.74, 6) is -0.0962. The minimum Gasteiger partial charge on any atom is -0.396 e. The van der Waals surface area contributed by atoms with Crippen molar-refractivity contribution >= 4 is 17.5 Å². The molecule has 7 nitrogen and oxygen atoms in total. The Morgan fingerprint density at radius 2 is 1.88 bits per heavy atom. The number of aliphatic hydroxyl groups is 1. The number of hydrogen-bond donors (Lipinski definition) is 2. The van der Waals surface area contributed by atoms with E-state index in [2.05, 4.69) is 15.3 Å². The Balaban J connectivity index is 0.00000204. The van der Waals surface area contributed by atoms with Crippen LogP contribution in [0.3, 0.4) is 0 Å². The largest absolute Gasteiger partial charge is 0.396 e. The fourth-order valence-corrected chi connectivity index (χ4v) is 3.83. The zero-order valence-electron chi connectivity index (χ0n) is 18.0. The summed E-state index contributed by atoms with van der Waals surface area (Å²) >= 11 is 0. The van der Waals surface area contributed by atoms with Gasteiger partial charge < -0.3 is 15.3 Å². The lowest BCUT2D eigenvalue weighted by Crippen LogP contribution is -2.39. The van der Waals surface area contributed by atoms with E-state index in [0.29, 0.717) is 35.7 Å². The number of piperidine rings is 1. The SMILES string of the molecule is Cc1ncc(-c2cccc(C(=O)N3CCC(CO)CC3)c2)nc1C(=O)Nc1ccccc1.[HH].[HH].[HH]. The molecule has 0 spiro atoms. The smallest absolute Gasteiger partial charge is 0.276 e. The van der Waals surface area contributed by atoms with Gasteiger partial charge in [-0.05, 0) is 49.9 Å². The first-order valence-corrected chi connectivity index (χ1v) is 10.8. The maximum absolute atomic E-state index is 13.0. The molecule has 1 aliphatic heterocycles. The summed E-state index contributed by atoms with van der Waals surface area (Å²) in [6.07, 6.45) is 3.24. The molecular weight excluding hydrogens is 404 g/mol. The van der Waals surface area contributed by atoms with Crippen molar-refractivity contribution in [2.24, 2.45) is 5.92 Å². The van der Waals surface area contributed by atoms with Gasteiger partial charge >= 0.3 is 0 Å². The minimum absolute atomic E-state index is 0. The second kappa shape index (κ2) is 9.70. The molecule has 0 unspecified atom stereocenters. The molecule has 2 amide bonds. The summed E-state index contributed by atoms with van der Waals surface area (Å²) in [4.78, 5) is 36.5. The molecule has 0 bridgehead atoms. The van der Waals surface area contributed by atoms with Crippen LogP contribution < -0.4 is 5.32 Å². The van der Waals surface area contributed by atoms with Gasteiger partial charge in [0, 0.05) is 40.8 Å². The number of benzene rings is 2. The van der Waals surface area contributed by atoms with Crippen LogP contribution in [0, 0.1) is 12.8 Å². The van der Waals surface area contributed by atoms with Crippen LogP contribution in [0.25, 0.3) is 11.3 Å². The normalized spacial score (nSPS) is 14.2. The molecule has 2 N–H and O–H groups in total. The van der Waals surface area contributed by atoms with Crippen molar-refractivity contribution in [3.05, 3.63) is 77.7 Å². The van der Waals surface area contributed by atoms with Crippen molar-refractivity contribution in [2.45, 2.75) is 19.8 Å². The Morgan fingerprint density at radius 3 is 2.59 bits per heavy atom. The van der Waals surface area contributed by atoms with Crippen molar-refractivity contribution in [2.75, 3.05) is 25.0 Å². The average Bonchev–Trinajstić information content (AvgIpc) is 2.84. The first-order valence-electron chi connectivity index (χ1n) is 10.8. The third-order valence-electron chi connectivity index (χ3n) is 5.77. The summed E-state index contributed by atoms with van der Waals surface area (Å²) in [5, 5.41) is 12.2. The first-order chi connectivity index (χ1) is 15.5. The summed E-state index contributed by atoms with van der Waals surface area (Å²) < 4.78 is 0. The van der Waals surface area contributed by atoms with Gasteiger partial charge in [0.1, 0.15) is 5.69 Å². The standard InChI is InChI=1S/C25H26N4O3.3H2/c1-17-23(24(31)27-21-8-3-2-4-9-21)28-22(15-26-17)19-6-5-7-20(14-19)25(32)29-12-10-18(16-30)11-13-29;;;/h2-9,14-15,18,30H,10-13,16H2,1H3,(H,27,31);3*1H. The number of aliphatic hydroxyl groups excluding tert-OH is 1. The quantitative estimate of drug-likeness (QED) is 0.622. The van der Waals surface area contributed by atoms with Gasteiger partial charge in [-0.25, -0.2) is 4.98 Å². The van der Waals surface area contributed by atoms with Gasteiger partial charge in [-0.3, -0.25) is 14.6 Å². The number of para-hydroxylation sites is 1. The number of anilines is 1. The Labute approximate surface area is 191 Å². The third-order valence-corrected chi connectivity index (χ3v) is 5.77. The molecule has 7 heteroatoms. The van der Waals surface area contributed by atoms with E-state index < -0.39 is 0 Å². The Morgan fingerprint density at radius 1 is 1.12 bits per heavy atom. The molecule has 32 heavy (non-hydrogen) atoms. The van der Waals surface area contributed by atoms with Crippen LogP contribution in [0.5, 0.6) is 0 Å². The Bertz CT molecular complexity index is 1120. The van der Waals surface area contributed by atoms with Crippen molar-refractivity contribution in [1.82, 2.24) is 14.9 Å². The number of aromatic nitrogens is 2. The van der Waals surface area contributed by atoms with E-state index in [0.717, 1.165) is 18.4 Å². The van der Waals surface area contributed by atoms with Gasteiger partial charge in [0.15, 0.2) is 0 Å². The van der Waals surface area contributed by atoms with E-state index in [-0.39, 0.29) is 34.3 Å². The highest BCUT2D eigenvalue weighted by Gasteiger charge is 2.23. The van der Waals surface area contributed by atoms with E-state index in [1.54, 1.807) is 25.3 Å². The molecule has 3 aromatic rings. The lowest BCUT2D eigenvalue weighted by molar-refractivity contribution is 0.0651. The topological polar surface area (TPSA) is 95.4 Å². The Kier molecular flexibility index (Phi) is 6.56. The molecule has 0 aliphatic carbocycles. The fraction of sp³-hybridized carbons (Fsp3) is 0.280. The lowest BCUT2D eigenvalue weighted by atomic mass is 9.97. The number of aryl methyl sites for hydroxylation is 1. The summed E-state index contributed by atoms with van der Waals surface area (Å²) in [6, 6.07) is 16.4. The second-order valence-corrected chi connectivity index (χ2v) is 8.01. The van der Waals surface area contributed by atoms with Crippen molar-refractivity contribution in [3.8, 4) is 11.3 Å². The highest BCUT2D eigenvalue weighted by molar-refractivity contribution is 6.03. The number of rotatable bonds is 5. The van der Waals surface area contributed by atoms with Crippen LogP contribution >= 0.6 is 0 Å². The van der Waals surface area contributed by atoms with Crippen LogP contribution in [-0.2, 0) is 0 Å². The van der Waals surface area contributed by atoms with Gasteiger partial charge in [-0.15, -0.1) is 0 Å². The van der Waals surface area contributed by atoms with Crippen molar-refractivity contribution < 1.29 is 19.0 Å². The van der Waals surface area contributed by atoms with Gasteiger partial charge in [-0.1, -0.05) is 30.3 Å². The van der Waals surface area contributed by atoms with Gasteiger partial charge in [0.05, 0.1) is 17.6 Å². The zero-order chi connectivity index (χ0) is 22.5.